The Morgan fingerprint density at radius 3 is 2.39 bits per heavy atom. The van der Waals surface area contributed by atoms with E-state index in [1.165, 1.54) is 17.0 Å². The van der Waals surface area contributed by atoms with E-state index in [2.05, 4.69) is 5.16 Å². The monoisotopic (exact) mass is 429 g/mol. The van der Waals surface area contributed by atoms with Gasteiger partial charge >= 0.3 is 12.1 Å². The van der Waals surface area contributed by atoms with Gasteiger partial charge in [0.05, 0.1) is 17.7 Å². The van der Waals surface area contributed by atoms with E-state index in [1.54, 1.807) is 32.9 Å². The van der Waals surface area contributed by atoms with Gasteiger partial charge in [-0.05, 0) is 45.7 Å². The Hall–Kier alpha value is -3.43. The van der Waals surface area contributed by atoms with Crippen LogP contribution in [0.2, 0.25) is 0 Å². The molecule has 4 rings (SSSR count). The summed E-state index contributed by atoms with van der Waals surface area (Å²) in [4.78, 5) is 61.9. The zero-order valence-electron chi connectivity index (χ0n) is 17.5. The number of imide groups is 1. The maximum Gasteiger partial charge on any atom is 0.410 e. The van der Waals surface area contributed by atoms with Crippen LogP contribution in [0.5, 0.6) is 0 Å². The second kappa shape index (κ2) is 7.36. The maximum atomic E-state index is 12.6. The van der Waals surface area contributed by atoms with Crippen LogP contribution in [-0.4, -0.2) is 63.8 Å². The molecule has 1 aromatic rings. The van der Waals surface area contributed by atoms with Crippen LogP contribution in [0, 0.1) is 0 Å². The van der Waals surface area contributed by atoms with Crippen LogP contribution in [0.3, 0.4) is 0 Å². The summed E-state index contributed by atoms with van der Waals surface area (Å²) in [6.45, 7) is 6.07. The second-order valence-electron chi connectivity index (χ2n) is 8.82. The van der Waals surface area contributed by atoms with Crippen LogP contribution >= 0.6 is 0 Å². The van der Waals surface area contributed by atoms with Gasteiger partial charge in [-0.2, -0.15) is 0 Å². The summed E-state index contributed by atoms with van der Waals surface area (Å²) >= 11 is 0. The molecule has 31 heavy (non-hydrogen) atoms. The largest absolute Gasteiger partial charge is 0.444 e. The van der Waals surface area contributed by atoms with E-state index >= 15 is 0 Å². The second-order valence-corrected chi connectivity index (χ2v) is 8.82. The number of nitrogens with zero attached hydrogens (tertiary/aromatic N) is 3. The highest BCUT2D eigenvalue weighted by Crippen LogP contribution is 2.34. The number of fused-ring (bicyclic) bond motifs is 1. The van der Waals surface area contributed by atoms with Gasteiger partial charge in [-0.3, -0.25) is 9.59 Å². The number of likely N-dealkylation sites (tertiary alicyclic amines) is 1. The highest BCUT2D eigenvalue weighted by atomic mass is 16.7. The molecule has 3 heterocycles. The van der Waals surface area contributed by atoms with Crippen LogP contribution in [-0.2, 0) is 19.2 Å². The molecular weight excluding hydrogens is 406 g/mol. The van der Waals surface area contributed by atoms with Crippen molar-refractivity contribution < 1.29 is 33.6 Å². The molecule has 0 aromatic heterocycles. The third-order valence-corrected chi connectivity index (χ3v) is 5.20. The summed E-state index contributed by atoms with van der Waals surface area (Å²) < 4.78 is 5.42. The van der Waals surface area contributed by atoms with Gasteiger partial charge in [0.15, 0.2) is 11.3 Å². The fourth-order valence-electron chi connectivity index (χ4n) is 3.82. The molecule has 0 N–H and O–H groups in total. The van der Waals surface area contributed by atoms with E-state index < -0.39 is 35.1 Å². The third-order valence-electron chi connectivity index (χ3n) is 5.20. The quantitative estimate of drug-likeness (QED) is 0.663. The summed E-state index contributed by atoms with van der Waals surface area (Å²) in [5.41, 5.74) is -1.22. The predicted octanol–water partition coefficient (Wildman–Crippen LogP) is 2.29. The Balaban J connectivity index is 1.39. The molecule has 0 bridgehead atoms. The van der Waals surface area contributed by atoms with Crippen LogP contribution in [0.4, 0.5) is 4.79 Å². The Kier molecular flexibility index (Phi) is 4.95. The number of hydrogen-bond donors (Lipinski definition) is 0. The van der Waals surface area contributed by atoms with Crippen molar-refractivity contribution in [2.45, 2.75) is 51.2 Å². The SMILES string of the molecule is CC(C)(C)OC(=O)N1CCCC2(CC(C(=O)ON3C(=O)c4ccccc4C3=O)=NO2)C1. The lowest BCUT2D eigenvalue weighted by Gasteiger charge is -2.38. The molecule has 10 nitrogen and oxygen atoms in total. The van der Waals surface area contributed by atoms with E-state index in [1.807, 2.05) is 0 Å². The molecule has 1 atom stereocenters. The summed E-state index contributed by atoms with van der Waals surface area (Å²) in [7, 11) is 0. The number of hydrogen-bond acceptors (Lipinski definition) is 8. The van der Waals surface area contributed by atoms with Gasteiger partial charge in [-0.25, -0.2) is 9.59 Å². The van der Waals surface area contributed by atoms with Gasteiger partial charge in [0.25, 0.3) is 11.8 Å². The van der Waals surface area contributed by atoms with E-state index in [9.17, 15) is 19.2 Å². The first-order valence-corrected chi connectivity index (χ1v) is 10.0. The summed E-state index contributed by atoms with van der Waals surface area (Å²) in [5, 5.41) is 4.28. The van der Waals surface area contributed by atoms with Gasteiger partial charge in [0.1, 0.15) is 5.60 Å². The molecular formula is C21H23N3O7. The number of benzene rings is 1. The summed E-state index contributed by atoms with van der Waals surface area (Å²) in [6, 6.07) is 6.21. The molecule has 1 spiro atoms. The number of ether oxygens (including phenoxy) is 1. The number of oxime groups is 1. The molecule has 0 aliphatic carbocycles. The van der Waals surface area contributed by atoms with Crippen molar-refractivity contribution in [3.63, 3.8) is 0 Å². The Labute approximate surface area is 178 Å². The van der Waals surface area contributed by atoms with Crippen LogP contribution in [0.25, 0.3) is 0 Å². The smallest absolute Gasteiger partial charge is 0.410 e. The van der Waals surface area contributed by atoms with Crippen molar-refractivity contribution in [1.29, 1.82) is 0 Å². The van der Waals surface area contributed by atoms with E-state index in [0.29, 0.717) is 24.4 Å². The molecule has 0 saturated carbocycles. The van der Waals surface area contributed by atoms with Crippen molar-refractivity contribution >= 4 is 29.6 Å². The first kappa shape index (κ1) is 20.8. The lowest BCUT2D eigenvalue weighted by molar-refractivity contribution is -0.159. The zero-order valence-corrected chi connectivity index (χ0v) is 17.5. The fraction of sp³-hybridized carbons (Fsp3) is 0.476. The highest BCUT2D eigenvalue weighted by Gasteiger charge is 2.48. The lowest BCUT2D eigenvalue weighted by Crippen LogP contribution is -2.51. The number of carbonyl (C=O) groups is 4. The average Bonchev–Trinajstić information content (AvgIpc) is 3.22. The van der Waals surface area contributed by atoms with Crippen molar-refractivity contribution in [1.82, 2.24) is 9.96 Å². The lowest BCUT2D eigenvalue weighted by atomic mass is 9.88. The van der Waals surface area contributed by atoms with Gasteiger partial charge in [-0.15, -0.1) is 0 Å². The minimum atomic E-state index is -0.944. The zero-order chi connectivity index (χ0) is 22.4. The molecule has 164 valence electrons. The minimum absolute atomic E-state index is 0.0532. The molecule has 1 saturated heterocycles. The Morgan fingerprint density at radius 2 is 1.77 bits per heavy atom. The van der Waals surface area contributed by atoms with Crippen molar-refractivity contribution in [2.75, 3.05) is 13.1 Å². The average molecular weight is 429 g/mol. The first-order chi connectivity index (χ1) is 14.6. The number of rotatable bonds is 2. The molecule has 1 unspecified atom stereocenters. The van der Waals surface area contributed by atoms with Crippen LogP contribution in [0.1, 0.15) is 60.7 Å². The topological polar surface area (TPSA) is 115 Å². The molecule has 3 amide bonds. The normalized spacial score (nSPS) is 22.9. The summed E-state index contributed by atoms with van der Waals surface area (Å²) in [5.74, 6) is -2.37. The molecule has 1 fully saturated rings. The predicted molar refractivity (Wildman–Crippen MR) is 106 cm³/mol. The number of carbonyl (C=O) groups excluding carboxylic acids is 4. The summed E-state index contributed by atoms with van der Waals surface area (Å²) in [6.07, 6.45) is 0.862. The molecule has 10 heteroatoms. The maximum absolute atomic E-state index is 12.6. The number of hydroxylamine groups is 2. The van der Waals surface area contributed by atoms with E-state index in [4.69, 9.17) is 14.4 Å². The van der Waals surface area contributed by atoms with Gasteiger partial charge in [0.2, 0.25) is 0 Å². The third kappa shape index (κ3) is 3.97. The van der Waals surface area contributed by atoms with Crippen LogP contribution < -0.4 is 0 Å². The number of piperidine rings is 1. The van der Waals surface area contributed by atoms with Crippen molar-refractivity contribution in [2.24, 2.45) is 5.16 Å². The van der Waals surface area contributed by atoms with Gasteiger partial charge in [-0.1, -0.05) is 22.4 Å². The first-order valence-electron chi connectivity index (χ1n) is 10.0. The minimum Gasteiger partial charge on any atom is -0.444 e. The van der Waals surface area contributed by atoms with Crippen molar-refractivity contribution in [3.8, 4) is 0 Å². The molecule has 3 aliphatic heterocycles. The molecule has 1 aromatic carbocycles. The molecule has 0 radical (unpaired) electrons. The number of amides is 3. The molecule has 3 aliphatic rings. The van der Waals surface area contributed by atoms with E-state index in [0.717, 1.165) is 0 Å². The standard InChI is InChI=1S/C21H23N3O7/c1-20(2,3)29-19(28)23-10-6-9-21(12-23)11-15(22-31-21)18(27)30-24-16(25)13-7-4-5-8-14(13)17(24)26/h4-5,7-8H,6,9-12H2,1-3H3. The van der Waals surface area contributed by atoms with Gasteiger partial charge < -0.3 is 19.3 Å². The Morgan fingerprint density at radius 1 is 1.13 bits per heavy atom. The van der Waals surface area contributed by atoms with Crippen LogP contribution in [0.15, 0.2) is 29.4 Å². The van der Waals surface area contributed by atoms with E-state index in [-0.39, 0.29) is 29.8 Å². The Bertz CT molecular complexity index is 962. The highest BCUT2D eigenvalue weighted by molar-refractivity contribution is 6.37. The van der Waals surface area contributed by atoms with Gasteiger partial charge in [0, 0.05) is 13.0 Å². The van der Waals surface area contributed by atoms with Crippen molar-refractivity contribution in [3.05, 3.63) is 35.4 Å². The fourth-order valence-corrected chi connectivity index (χ4v) is 3.82.